The number of rotatable bonds is 8. The first kappa shape index (κ1) is 14.6. The van der Waals surface area contributed by atoms with Crippen LogP contribution >= 0.6 is 11.8 Å². The molecule has 0 heterocycles. The normalized spacial score (nSPS) is 10.4. The number of benzene rings is 1. The van der Waals surface area contributed by atoms with Crippen molar-refractivity contribution in [2.45, 2.75) is 12.2 Å². The summed E-state index contributed by atoms with van der Waals surface area (Å²) in [6, 6.07) is 9.74. The quantitative estimate of drug-likeness (QED) is 0.526. The van der Waals surface area contributed by atoms with E-state index < -0.39 is 0 Å². The van der Waals surface area contributed by atoms with E-state index >= 15 is 0 Å². The van der Waals surface area contributed by atoms with Crippen LogP contribution in [0.1, 0.15) is 17.5 Å². The number of ether oxygens (including phenoxy) is 1. The van der Waals surface area contributed by atoms with Crippen molar-refractivity contribution >= 4 is 11.8 Å². The van der Waals surface area contributed by atoms with Crippen LogP contribution in [0.2, 0.25) is 0 Å². The molecule has 2 nitrogen and oxygen atoms in total. The van der Waals surface area contributed by atoms with Crippen molar-refractivity contribution in [2.24, 2.45) is 0 Å². The first-order valence-corrected chi connectivity index (χ1v) is 6.76. The van der Waals surface area contributed by atoms with Gasteiger partial charge in [-0.15, -0.1) is 18.3 Å². The molecule has 1 rings (SSSR count). The zero-order valence-corrected chi connectivity index (χ0v) is 11.1. The highest BCUT2D eigenvalue weighted by Gasteiger charge is 1.92. The molecule has 0 aliphatic carbocycles. The Morgan fingerprint density at radius 2 is 2.11 bits per heavy atom. The number of nitriles is 1. The summed E-state index contributed by atoms with van der Waals surface area (Å²) in [5.41, 5.74) is 1.91. The van der Waals surface area contributed by atoms with E-state index in [0.29, 0.717) is 18.8 Å². The highest BCUT2D eigenvalue weighted by molar-refractivity contribution is 8.01. The Morgan fingerprint density at radius 3 is 2.78 bits per heavy atom. The smallest absolute Gasteiger partial charge is 0.0991 e. The fourth-order valence-corrected chi connectivity index (χ4v) is 1.93. The van der Waals surface area contributed by atoms with Gasteiger partial charge in [-0.05, 0) is 35.6 Å². The Hall–Kier alpha value is -1.50. The van der Waals surface area contributed by atoms with Crippen LogP contribution in [-0.4, -0.2) is 13.2 Å². The van der Waals surface area contributed by atoms with Crippen molar-refractivity contribution in [1.82, 2.24) is 0 Å². The van der Waals surface area contributed by atoms with Crippen LogP contribution in [0.4, 0.5) is 0 Å². The molecule has 0 bridgehead atoms. The second-order valence-electron chi connectivity index (χ2n) is 3.56. The largest absolute Gasteiger partial charge is 0.377 e. The minimum absolute atomic E-state index is 0.597. The zero-order valence-electron chi connectivity index (χ0n) is 10.3. The third-order valence-corrected chi connectivity index (χ3v) is 2.96. The lowest BCUT2D eigenvalue weighted by molar-refractivity contribution is 0.166. The van der Waals surface area contributed by atoms with Crippen LogP contribution in [0.5, 0.6) is 0 Å². The van der Waals surface area contributed by atoms with Crippen LogP contribution < -0.4 is 0 Å². The average molecular weight is 258 g/mol. The van der Waals surface area contributed by atoms with Gasteiger partial charge in [0.1, 0.15) is 0 Å². The van der Waals surface area contributed by atoms with Crippen molar-refractivity contribution in [2.75, 3.05) is 13.2 Å². The highest BCUT2D eigenvalue weighted by Crippen LogP contribution is 2.13. The van der Waals surface area contributed by atoms with Gasteiger partial charge < -0.3 is 4.74 Å². The summed E-state index contributed by atoms with van der Waals surface area (Å²) in [5.74, 6) is 0.895. The Morgan fingerprint density at radius 1 is 1.33 bits per heavy atom. The Balaban J connectivity index is 2.15. The summed E-state index contributed by atoms with van der Waals surface area (Å²) < 4.78 is 5.23. The molecule has 0 saturated heterocycles. The van der Waals surface area contributed by atoms with E-state index in [1.807, 2.05) is 29.7 Å². The molecule has 1 aromatic rings. The summed E-state index contributed by atoms with van der Waals surface area (Å²) in [6.45, 7) is 4.85. The Kier molecular flexibility index (Phi) is 7.70. The maximum Gasteiger partial charge on any atom is 0.0991 e. The average Bonchev–Trinajstić information content (AvgIpc) is 2.42. The second kappa shape index (κ2) is 9.52. The third-order valence-electron chi connectivity index (χ3n) is 2.13. The number of nitrogens with zero attached hydrogens (tertiary/aromatic N) is 1. The molecule has 0 unspecified atom stereocenters. The van der Waals surface area contributed by atoms with Crippen LogP contribution in [-0.2, 0) is 10.5 Å². The van der Waals surface area contributed by atoms with Crippen molar-refractivity contribution < 1.29 is 4.74 Å². The standard InChI is InChI=1S/C15H16NOS/c1-2-9-17-10-3-4-11-18-13-15-7-5-14(12-16)6-8-15/h2,5-8,11H,1,3,9-10,13H2. The lowest BCUT2D eigenvalue weighted by Crippen LogP contribution is -1.91. The van der Waals surface area contributed by atoms with Gasteiger partial charge in [-0.2, -0.15) is 5.26 Å². The van der Waals surface area contributed by atoms with Gasteiger partial charge in [0.25, 0.3) is 0 Å². The molecule has 0 amide bonds. The minimum atomic E-state index is 0.597. The predicted molar refractivity (Wildman–Crippen MR) is 75.9 cm³/mol. The molecule has 3 heteroatoms. The highest BCUT2D eigenvalue weighted by atomic mass is 32.2. The summed E-state index contributed by atoms with van der Waals surface area (Å²) in [7, 11) is 0. The van der Waals surface area contributed by atoms with Crippen molar-refractivity contribution in [1.29, 1.82) is 5.26 Å². The topological polar surface area (TPSA) is 33.0 Å². The maximum atomic E-state index is 8.67. The molecule has 0 fully saturated rings. The fourth-order valence-electron chi connectivity index (χ4n) is 1.23. The van der Waals surface area contributed by atoms with E-state index in [2.05, 4.69) is 18.7 Å². The Labute approximate surface area is 113 Å². The molecular formula is C15H16NOS. The molecule has 0 atom stereocenters. The number of hydrogen-bond acceptors (Lipinski definition) is 3. The summed E-state index contributed by atoms with van der Waals surface area (Å²) in [5, 5.41) is 10.6. The molecular weight excluding hydrogens is 242 g/mol. The molecule has 1 radical (unpaired) electrons. The van der Waals surface area contributed by atoms with Gasteiger partial charge in [-0.1, -0.05) is 18.2 Å². The van der Waals surface area contributed by atoms with E-state index in [4.69, 9.17) is 10.00 Å². The summed E-state index contributed by atoms with van der Waals surface area (Å²) >= 11 is 1.69. The van der Waals surface area contributed by atoms with E-state index in [1.165, 1.54) is 5.56 Å². The van der Waals surface area contributed by atoms with E-state index in [1.54, 1.807) is 17.8 Å². The van der Waals surface area contributed by atoms with Crippen molar-refractivity contribution in [3.8, 4) is 6.07 Å². The summed E-state index contributed by atoms with van der Waals surface area (Å²) in [4.78, 5) is 0. The summed E-state index contributed by atoms with van der Waals surface area (Å²) in [6.07, 6.45) is 5.70. The van der Waals surface area contributed by atoms with Gasteiger partial charge in [-0.25, -0.2) is 0 Å². The number of thioether (sulfide) groups is 1. The molecule has 0 aromatic heterocycles. The zero-order chi connectivity index (χ0) is 13.1. The minimum Gasteiger partial charge on any atom is -0.377 e. The molecule has 0 spiro atoms. The molecule has 0 N–H and O–H groups in total. The molecule has 93 valence electrons. The van der Waals surface area contributed by atoms with Gasteiger partial charge in [0, 0.05) is 5.75 Å². The van der Waals surface area contributed by atoms with Crippen LogP contribution in [0.3, 0.4) is 0 Å². The number of hydrogen-bond donors (Lipinski definition) is 0. The van der Waals surface area contributed by atoms with E-state index in [0.717, 1.165) is 12.2 Å². The molecule has 18 heavy (non-hydrogen) atoms. The van der Waals surface area contributed by atoms with Gasteiger partial charge in [0.05, 0.1) is 24.8 Å². The SMILES string of the molecule is C=CCOCC[C]=CSCc1ccc(C#N)cc1. The van der Waals surface area contributed by atoms with Crippen LogP contribution in [0, 0.1) is 17.4 Å². The van der Waals surface area contributed by atoms with Gasteiger partial charge in [0.2, 0.25) is 0 Å². The lowest BCUT2D eigenvalue weighted by atomic mass is 10.2. The van der Waals surface area contributed by atoms with E-state index in [-0.39, 0.29) is 0 Å². The van der Waals surface area contributed by atoms with Crippen molar-refractivity contribution in [3.05, 3.63) is 59.5 Å². The predicted octanol–water partition coefficient (Wildman–Crippen LogP) is 3.70. The molecule has 0 aliphatic rings. The first-order valence-electron chi connectivity index (χ1n) is 5.71. The van der Waals surface area contributed by atoms with Crippen molar-refractivity contribution in [3.63, 3.8) is 0 Å². The van der Waals surface area contributed by atoms with Gasteiger partial charge >= 0.3 is 0 Å². The Bertz CT molecular complexity index is 417. The van der Waals surface area contributed by atoms with Crippen LogP contribution in [0.25, 0.3) is 0 Å². The maximum absolute atomic E-state index is 8.67. The monoisotopic (exact) mass is 258 g/mol. The van der Waals surface area contributed by atoms with Gasteiger partial charge in [0.15, 0.2) is 0 Å². The van der Waals surface area contributed by atoms with Crippen LogP contribution in [0.15, 0.2) is 42.3 Å². The lowest BCUT2D eigenvalue weighted by Gasteiger charge is -1.98. The molecule has 0 aliphatic heterocycles. The third kappa shape index (κ3) is 6.29. The molecule has 0 saturated carbocycles. The second-order valence-corrected chi connectivity index (χ2v) is 4.41. The fraction of sp³-hybridized carbons (Fsp3) is 0.267. The molecule has 1 aromatic carbocycles. The van der Waals surface area contributed by atoms with E-state index in [9.17, 15) is 0 Å². The first-order chi connectivity index (χ1) is 8.86. The van der Waals surface area contributed by atoms with Gasteiger partial charge in [-0.3, -0.25) is 0 Å².